The van der Waals surface area contributed by atoms with E-state index in [9.17, 15) is 4.79 Å². The Labute approximate surface area is 142 Å². The van der Waals surface area contributed by atoms with Crippen LogP contribution in [0, 0.1) is 0 Å². The minimum Gasteiger partial charge on any atom is -0.339 e. The van der Waals surface area contributed by atoms with Gasteiger partial charge in [-0.3, -0.25) is 4.79 Å². The predicted molar refractivity (Wildman–Crippen MR) is 98.0 cm³/mol. The van der Waals surface area contributed by atoms with Crippen molar-refractivity contribution in [3.05, 3.63) is 54.2 Å². The van der Waals surface area contributed by atoms with E-state index >= 15 is 0 Å². The number of nitrogens with one attached hydrogen (secondary N) is 1. The maximum absolute atomic E-state index is 12.7. The van der Waals surface area contributed by atoms with Gasteiger partial charge in [0.25, 0.3) is 5.91 Å². The lowest BCUT2D eigenvalue weighted by Gasteiger charge is -2.30. The maximum Gasteiger partial charge on any atom is 0.254 e. The number of H-pyrrole nitrogens is 1. The Hall–Kier alpha value is -2.62. The quantitative estimate of drug-likeness (QED) is 0.769. The van der Waals surface area contributed by atoms with Gasteiger partial charge in [0, 0.05) is 34.9 Å². The number of hydrogen-bond donors (Lipinski definition) is 1. The van der Waals surface area contributed by atoms with Crippen LogP contribution < -0.4 is 0 Å². The second kappa shape index (κ2) is 6.48. The Morgan fingerprint density at radius 3 is 2.29 bits per heavy atom. The molecule has 1 N–H and O–H groups in total. The molecule has 0 saturated carbocycles. The summed E-state index contributed by atoms with van der Waals surface area (Å²) in [4.78, 5) is 22.3. The van der Waals surface area contributed by atoms with E-state index in [2.05, 4.69) is 16.0 Å². The highest BCUT2D eigenvalue weighted by Crippen LogP contribution is 2.24. The van der Waals surface area contributed by atoms with Crippen molar-refractivity contribution in [2.45, 2.75) is 39.8 Å². The summed E-state index contributed by atoms with van der Waals surface area (Å²) in [6, 6.07) is 14.1. The molecule has 24 heavy (non-hydrogen) atoms. The number of hydrogen-bond acceptors (Lipinski definition) is 2. The predicted octanol–water partition coefficient (Wildman–Crippen LogP) is 4.49. The monoisotopic (exact) mass is 321 g/mol. The smallest absolute Gasteiger partial charge is 0.254 e. The molecule has 0 aliphatic heterocycles. The molecule has 0 saturated heterocycles. The van der Waals surface area contributed by atoms with Crippen LogP contribution in [0.25, 0.3) is 22.3 Å². The van der Waals surface area contributed by atoms with Gasteiger partial charge in [-0.25, -0.2) is 4.98 Å². The number of carbonyl (C=O) groups excluding carboxylic acids is 1. The van der Waals surface area contributed by atoms with Gasteiger partial charge in [0.15, 0.2) is 0 Å². The lowest BCUT2D eigenvalue weighted by Crippen LogP contribution is -2.42. The molecule has 0 aliphatic rings. The number of aromatic amines is 1. The topological polar surface area (TPSA) is 49.0 Å². The number of amides is 1. The second-order valence-electron chi connectivity index (χ2n) is 6.60. The number of aromatic nitrogens is 2. The Balaban J connectivity index is 1.88. The highest BCUT2D eigenvalue weighted by molar-refractivity contribution is 5.95. The zero-order valence-corrected chi connectivity index (χ0v) is 14.6. The van der Waals surface area contributed by atoms with Crippen LogP contribution in [0.4, 0.5) is 0 Å². The fourth-order valence-corrected chi connectivity index (χ4v) is 3.12. The molecule has 0 fully saturated rings. The molecule has 0 aliphatic carbocycles. The van der Waals surface area contributed by atoms with Crippen molar-refractivity contribution in [2.75, 3.05) is 0 Å². The van der Waals surface area contributed by atoms with Crippen LogP contribution in [0.15, 0.2) is 48.7 Å². The van der Waals surface area contributed by atoms with E-state index in [1.165, 1.54) is 0 Å². The van der Waals surface area contributed by atoms with E-state index in [1.807, 2.05) is 69.0 Å². The fraction of sp³-hybridized carbons (Fsp3) is 0.300. The van der Waals surface area contributed by atoms with Crippen molar-refractivity contribution in [1.82, 2.24) is 14.9 Å². The summed E-state index contributed by atoms with van der Waals surface area (Å²) in [5.41, 5.74) is 3.64. The van der Waals surface area contributed by atoms with E-state index in [-0.39, 0.29) is 18.0 Å². The Morgan fingerprint density at radius 1 is 1.04 bits per heavy atom. The summed E-state index contributed by atoms with van der Waals surface area (Å²) < 4.78 is 0. The molecular weight excluding hydrogens is 298 g/mol. The SMILES string of the molecule is CC(C)N(C(=O)c1ccc(-c2cc3cccnc3[nH]2)cc1)C(C)C. The second-order valence-corrected chi connectivity index (χ2v) is 6.60. The summed E-state index contributed by atoms with van der Waals surface area (Å²) >= 11 is 0. The molecule has 0 atom stereocenters. The average molecular weight is 321 g/mol. The van der Waals surface area contributed by atoms with Gasteiger partial charge >= 0.3 is 0 Å². The van der Waals surface area contributed by atoms with Gasteiger partial charge in [-0.2, -0.15) is 0 Å². The van der Waals surface area contributed by atoms with Gasteiger partial charge in [-0.15, -0.1) is 0 Å². The summed E-state index contributed by atoms with van der Waals surface area (Å²) in [6.07, 6.45) is 1.77. The standard InChI is InChI=1S/C20H23N3O/c1-13(2)23(14(3)4)20(24)16-9-7-15(8-10-16)18-12-17-6-5-11-21-19(17)22-18/h5-14H,1-4H3,(H,21,22). The molecule has 1 amide bonds. The number of carbonyl (C=O) groups is 1. The molecule has 4 heteroatoms. The lowest BCUT2D eigenvalue weighted by atomic mass is 10.1. The molecule has 0 spiro atoms. The van der Waals surface area contributed by atoms with E-state index in [0.717, 1.165) is 27.9 Å². The molecule has 0 bridgehead atoms. The van der Waals surface area contributed by atoms with Gasteiger partial charge in [0.05, 0.1) is 0 Å². The first-order valence-corrected chi connectivity index (χ1v) is 8.34. The van der Waals surface area contributed by atoms with Gasteiger partial charge < -0.3 is 9.88 Å². The number of pyridine rings is 1. The lowest BCUT2D eigenvalue weighted by molar-refractivity contribution is 0.0644. The van der Waals surface area contributed by atoms with Crippen LogP contribution in [-0.2, 0) is 0 Å². The van der Waals surface area contributed by atoms with Crippen LogP contribution in [0.5, 0.6) is 0 Å². The fourth-order valence-electron chi connectivity index (χ4n) is 3.12. The van der Waals surface area contributed by atoms with Crippen LogP contribution in [0.1, 0.15) is 38.1 Å². The van der Waals surface area contributed by atoms with Crippen molar-refractivity contribution in [3.8, 4) is 11.3 Å². The van der Waals surface area contributed by atoms with Crippen molar-refractivity contribution < 1.29 is 4.79 Å². The molecule has 0 unspecified atom stereocenters. The number of fused-ring (bicyclic) bond motifs is 1. The normalized spacial score (nSPS) is 11.4. The van der Waals surface area contributed by atoms with Gasteiger partial charge in [0.1, 0.15) is 5.65 Å². The van der Waals surface area contributed by atoms with E-state index in [0.29, 0.717) is 0 Å². The molecule has 0 radical (unpaired) electrons. The number of benzene rings is 1. The van der Waals surface area contributed by atoms with Crippen molar-refractivity contribution in [3.63, 3.8) is 0 Å². The van der Waals surface area contributed by atoms with E-state index in [1.54, 1.807) is 6.20 Å². The summed E-state index contributed by atoms with van der Waals surface area (Å²) in [7, 11) is 0. The molecule has 2 heterocycles. The minimum absolute atomic E-state index is 0.0739. The third-order valence-corrected chi connectivity index (χ3v) is 4.18. The number of nitrogens with zero attached hydrogens (tertiary/aromatic N) is 2. The Kier molecular flexibility index (Phi) is 4.38. The van der Waals surface area contributed by atoms with Crippen LogP contribution in [-0.4, -0.2) is 32.9 Å². The van der Waals surface area contributed by atoms with Crippen molar-refractivity contribution >= 4 is 16.9 Å². The van der Waals surface area contributed by atoms with Crippen molar-refractivity contribution in [2.24, 2.45) is 0 Å². The van der Waals surface area contributed by atoms with Gasteiger partial charge in [-0.1, -0.05) is 12.1 Å². The maximum atomic E-state index is 12.7. The molecule has 3 rings (SSSR count). The van der Waals surface area contributed by atoms with Crippen LogP contribution in [0.2, 0.25) is 0 Å². The van der Waals surface area contributed by atoms with Crippen LogP contribution >= 0.6 is 0 Å². The summed E-state index contributed by atoms with van der Waals surface area (Å²) in [6.45, 7) is 8.18. The Bertz CT molecular complexity index is 806. The highest BCUT2D eigenvalue weighted by Gasteiger charge is 2.21. The zero-order valence-electron chi connectivity index (χ0n) is 14.6. The first kappa shape index (κ1) is 16.2. The first-order valence-electron chi connectivity index (χ1n) is 8.34. The molecule has 1 aromatic carbocycles. The molecular formula is C20H23N3O. The summed E-state index contributed by atoms with van der Waals surface area (Å²) in [5.74, 6) is 0.0739. The van der Waals surface area contributed by atoms with E-state index in [4.69, 9.17) is 0 Å². The summed E-state index contributed by atoms with van der Waals surface area (Å²) in [5, 5.41) is 1.08. The van der Waals surface area contributed by atoms with Crippen molar-refractivity contribution in [1.29, 1.82) is 0 Å². The highest BCUT2D eigenvalue weighted by atomic mass is 16.2. The van der Waals surface area contributed by atoms with Gasteiger partial charge in [0.2, 0.25) is 0 Å². The molecule has 4 nitrogen and oxygen atoms in total. The first-order chi connectivity index (χ1) is 11.5. The van der Waals surface area contributed by atoms with E-state index < -0.39 is 0 Å². The average Bonchev–Trinajstić information content (AvgIpc) is 2.98. The third-order valence-electron chi connectivity index (χ3n) is 4.18. The molecule has 3 aromatic rings. The zero-order chi connectivity index (χ0) is 17.3. The largest absolute Gasteiger partial charge is 0.339 e. The molecule has 124 valence electrons. The van der Waals surface area contributed by atoms with Crippen LogP contribution in [0.3, 0.4) is 0 Å². The molecule has 2 aromatic heterocycles. The number of rotatable bonds is 4. The van der Waals surface area contributed by atoms with Gasteiger partial charge in [-0.05, 0) is 63.6 Å². The Morgan fingerprint density at radius 2 is 1.71 bits per heavy atom. The minimum atomic E-state index is 0.0739. The third kappa shape index (κ3) is 3.04.